The molecule has 5 nitrogen and oxygen atoms in total. The molecule has 0 aliphatic rings. The highest BCUT2D eigenvalue weighted by molar-refractivity contribution is 5.90. The second-order valence-electron chi connectivity index (χ2n) is 5.78. The first-order chi connectivity index (χ1) is 12.7. The Morgan fingerprint density at radius 2 is 1.85 bits per heavy atom. The van der Waals surface area contributed by atoms with Crippen molar-refractivity contribution in [3.8, 4) is 6.07 Å². The summed E-state index contributed by atoms with van der Waals surface area (Å²) in [6.07, 6.45) is 2.75. The lowest BCUT2D eigenvalue weighted by Gasteiger charge is -2.08. The van der Waals surface area contributed by atoms with Crippen LogP contribution in [0.25, 0.3) is 0 Å². The zero-order valence-corrected chi connectivity index (χ0v) is 14.1. The first-order valence-electron chi connectivity index (χ1n) is 8.30. The lowest BCUT2D eigenvalue weighted by Crippen LogP contribution is -2.13. The fourth-order valence-electron chi connectivity index (χ4n) is 2.48. The third-order valence-electron chi connectivity index (χ3n) is 3.79. The normalized spacial score (nSPS) is 9.96. The highest BCUT2D eigenvalue weighted by atomic mass is 16.1. The number of hydrogen-bond acceptors (Lipinski definition) is 4. The molecule has 3 rings (SSSR count). The fraction of sp³-hybridized carbons (Fsp3) is 0.0952. The Balaban J connectivity index is 1.54. The summed E-state index contributed by atoms with van der Waals surface area (Å²) in [5.41, 5.74) is 3.31. The number of hydrogen-bond donors (Lipinski definition) is 2. The molecular weight excluding hydrogens is 324 g/mol. The zero-order valence-electron chi connectivity index (χ0n) is 14.1. The maximum absolute atomic E-state index is 12.0. The molecule has 0 bridgehead atoms. The van der Waals surface area contributed by atoms with Crippen molar-refractivity contribution in [2.45, 2.75) is 12.8 Å². The van der Waals surface area contributed by atoms with Crippen molar-refractivity contribution in [3.05, 3.63) is 84.1 Å². The number of aromatic nitrogens is 1. The average molecular weight is 342 g/mol. The van der Waals surface area contributed by atoms with Crippen LogP contribution >= 0.6 is 0 Å². The molecule has 0 saturated heterocycles. The first kappa shape index (κ1) is 17.2. The van der Waals surface area contributed by atoms with E-state index in [9.17, 15) is 4.79 Å². The summed E-state index contributed by atoms with van der Waals surface area (Å²) >= 11 is 0. The van der Waals surface area contributed by atoms with Crippen LogP contribution in [0.4, 0.5) is 17.2 Å². The zero-order chi connectivity index (χ0) is 18.2. The van der Waals surface area contributed by atoms with Crippen LogP contribution in [0.15, 0.2) is 72.9 Å². The van der Waals surface area contributed by atoms with Gasteiger partial charge < -0.3 is 10.6 Å². The third-order valence-corrected chi connectivity index (χ3v) is 3.79. The molecule has 1 aromatic heterocycles. The van der Waals surface area contributed by atoms with Crippen molar-refractivity contribution < 1.29 is 4.79 Å². The minimum absolute atomic E-state index is 0.0659. The summed E-state index contributed by atoms with van der Waals surface area (Å²) in [6.45, 7) is 0. The van der Waals surface area contributed by atoms with E-state index >= 15 is 0 Å². The van der Waals surface area contributed by atoms with Crippen LogP contribution in [-0.4, -0.2) is 10.9 Å². The molecule has 0 unspecified atom stereocenters. The molecule has 0 aliphatic heterocycles. The van der Waals surface area contributed by atoms with E-state index in [-0.39, 0.29) is 5.91 Å². The maximum Gasteiger partial charge on any atom is 0.225 e. The molecule has 2 N–H and O–H groups in total. The Morgan fingerprint density at radius 3 is 2.58 bits per heavy atom. The van der Waals surface area contributed by atoms with E-state index in [1.165, 1.54) is 0 Å². The molecule has 0 radical (unpaired) electrons. The smallest absolute Gasteiger partial charge is 0.225 e. The van der Waals surface area contributed by atoms with Crippen LogP contribution in [0.5, 0.6) is 0 Å². The summed E-state index contributed by atoms with van der Waals surface area (Å²) in [5.74, 6) is 0.447. The van der Waals surface area contributed by atoms with E-state index < -0.39 is 0 Å². The van der Waals surface area contributed by atoms with E-state index in [2.05, 4.69) is 21.7 Å². The van der Waals surface area contributed by atoms with Gasteiger partial charge in [-0.3, -0.25) is 4.79 Å². The van der Waals surface area contributed by atoms with E-state index in [0.29, 0.717) is 24.2 Å². The Kier molecular flexibility index (Phi) is 5.58. The average Bonchev–Trinajstić information content (AvgIpc) is 2.69. The number of nitrogens with one attached hydrogen (secondary N) is 2. The number of nitrogens with zero attached hydrogens (tertiary/aromatic N) is 2. The Hall–Kier alpha value is -3.65. The van der Waals surface area contributed by atoms with E-state index in [0.717, 1.165) is 16.9 Å². The molecule has 0 spiro atoms. The molecule has 5 heteroatoms. The lowest BCUT2D eigenvalue weighted by molar-refractivity contribution is -0.116. The number of rotatable bonds is 6. The number of benzene rings is 2. The van der Waals surface area contributed by atoms with Gasteiger partial charge in [-0.1, -0.05) is 36.4 Å². The van der Waals surface area contributed by atoms with Gasteiger partial charge in [-0.25, -0.2) is 4.98 Å². The van der Waals surface area contributed by atoms with Crippen LogP contribution in [0.1, 0.15) is 17.5 Å². The molecule has 0 fully saturated rings. The summed E-state index contributed by atoms with van der Waals surface area (Å²) in [7, 11) is 0. The minimum Gasteiger partial charge on any atom is -0.354 e. The molecule has 1 heterocycles. The molecule has 26 heavy (non-hydrogen) atoms. The number of carbonyl (C=O) groups excluding carboxylic acids is 1. The van der Waals surface area contributed by atoms with Gasteiger partial charge in [-0.2, -0.15) is 5.26 Å². The van der Waals surface area contributed by atoms with Crippen molar-refractivity contribution in [2.24, 2.45) is 0 Å². The van der Waals surface area contributed by atoms with Crippen molar-refractivity contribution in [2.75, 3.05) is 10.6 Å². The van der Waals surface area contributed by atoms with Gasteiger partial charge in [0.1, 0.15) is 5.82 Å². The van der Waals surface area contributed by atoms with Crippen molar-refractivity contribution in [1.29, 1.82) is 5.26 Å². The van der Waals surface area contributed by atoms with E-state index in [1.807, 2.05) is 48.5 Å². The van der Waals surface area contributed by atoms with E-state index in [4.69, 9.17) is 5.26 Å². The molecule has 1 amide bonds. The van der Waals surface area contributed by atoms with Crippen LogP contribution in [-0.2, 0) is 11.2 Å². The van der Waals surface area contributed by atoms with Crippen LogP contribution in [0.2, 0.25) is 0 Å². The largest absolute Gasteiger partial charge is 0.354 e. The van der Waals surface area contributed by atoms with Gasteiger partial charge in [0.25, 0.3) is 0 Å². The second-order valence-corrected chi connectivity index (χ2v) is 5.78. The predicted molar refractivity (Wildman–Crippen MR) is 102 cm³/mol. The number of aryl methyl sites for hydroxylation is 1. The SMILES string of the molecule is N#Cc1cccc(Nc2ccc(NC(=O)CCc3ccccc3)nc2)c1. The quantitative estimate of drug-likeness (QED) is 0.701. The summed E-state index contributed by atoms with van der Waals surface area (Å²) in [4.78, 5) is 16.3. The highest BCUT2D eigenvalue weighted by Gasteiger charge is 2.04. The predicted octanol–water partition coefficient (Wildman–Crippen LogP) is 4.27. The standard InChI is InChI=1S/C21H18N4O/c22-14-17-7-4-8-18(13-17)24-19-10-11-20(23-15-19)25-21(26)12-9-16-5-2-1-3-6-16/h1-8,10-11,13,15,24H,9,12H2,(H,23,25,26). The number of anilines is 3. The second kappa shape index (κ2) is 8.45. The Labute approximate surface area is 152 Å². The van der Waals surface area contributed by atoms with Gasteiger partial charge in [0.2, 0.25) is 5.91 Å². The molecule has 128 valence electrons. The number of amides is 1. The molecule has 0 saturated carbocycles. The van der Waals surface area contributed by atoms with Crippen molar-refractivity contribution in [3.63, 3.8) is 0 Å². The Bertz CT molecular complexity index is 915. The number of nitriles is 1. The van der Waals surface area contributed by atoms with E-state index in [1.54, 1.807) is 24.4 Å². The van der Waals surface area contributed by atoms with Crippen molar-refractivity contribution >= 4 is 23.1 Å². The maximum atomic E-state index is 12.0. The fourth-order valence-corrected chi connectivity index (χ4v) is 2.48. The van der Waals surface area contributed by atoms with Gasteiger partial charge in [0.05, 0.1) is 23.5 Å². The van der Waals surface area contributed by atoms with Gasteiger partial charge >= 0.3 is 0 Å². The topological polar surface area (TPSA) is 77.8 Å². The van der Waals surface area contributed by atoms with Crippen LogP contribution in [0.3, 0.4) is 0 Å². The van der Waals surface area contributed by atoms with Gasteiger partial charge in [0, 0.05) is 12.1 Å². The van der Waals surface area contributed by atoms with Crippen LogP contribution < -0.4 is 10.6 Å². The first-order valence-corrected chi connectivity index (χ1v) is 8.30. The lowest BCUT2D eigenvalue weighted by atomic mass is 10.1. The monoisotopic (exact) mass is 342 g/mol. The summed E-state index contributed by atoms with van der Waals surface area (Å²) in [5, 5.41) is 14.9. The number of pyridine rings is 1. The minimum atomic E-state index is -0.0659. The molecule has 3 aromatic rings. The van der Waals surface area contributed by atoms with Gasteiger partial charge in [-0.15, -0.1) is 0 Å². The Morgan fingerprint density at radius 1 is 1.00 bits per heavy atom. The van der Waals surface area contributed by atoms with Gasteiger partial charge in [0.15, 0.2) is 0 Å². The molecule has 0 aliphatic carbocycles. The third kappa shape index (κ3) is 4.92. The number of carbonyl (C=O) groups is 1. The van der Waals surface area contributed by atoms with Crippen molar-refractivity contribution in [1.82, 2.24) is 4.98 Å². The highest BCUT2D eigenvalue weighted by Crippen LogP contribution is 2.18. The summed E-state index contributed by atoms with van der Waals surface area (Å²) < 4.78 is 0. The molecular formula is C21H18N4O. The van der Waals surface area contributed by atoms with Gasteiger partial charge in [-0.05, 0) is 42.3 Å². The molecule has 2 aromatic carbocycles. The van der Waals surface area contributed by atoms with Crippen LogP contribution in [0, 0.1) is 11.3 Å². The molecule has 0 atom stereocenters. The summed E-state index contributed by atoms with van der Waals surface area (Å²) in [6, 6.07) is 22.8.